The maximum atomic E-state index is 11.6. The molecule has 17 heavy (non-hydrogen) atoms. The molecule has 5 nitrogen and oxygen atoms in total. The molecule has 1 rings (SSSR count). The second-order valence-corrected chi connectivity index (χ2v) is 3.76. The van der Waals surface area contributed by atoms with E-state index in [-0.39, 0.29) is 11.6 Å². The second-order valence-electron chi connectivity index (χ2n) is 3.76. The second kappa shape index (κ2) is 5.79. The summed E-state index contributed by atoms with van der Waals surface area (Å²) in [5, 5.41) is 12.5. The summed E-state index contributed by atoms with van der Waals surface area (Å²) in [6.45, 7) is 3.39. The summed E-state index contributed by atoms with van der Waals surface area (Å²) in [5.74, 6) is -1.82. The van der Waals surface area contributed by atoms with Crippen LogP contribution in [0, 0.1) is 5.92 Å². The lowest BCUT2D eigenvalue weighted by molar-refractivity contribution is -0.129. The Kier molecular flexibility index (Phi) is 4.39. The summed E-state index contributed by atoms with van der Waals surface area (Å²) in [6.07, 6.45) is 0. The van der Waals surface area contributed by atoms with Crippen molar-refractivity contribution in [2.75, 3.05) is 0 Å². The molecule has 0 aliphatic rings. The molecule has 1 aromatic carbocycles. The number of hydrogen-bond donors (Lipinski definition) is 2. The molecule has 0 fully saturated rings. The summed E-state index contributed by atoms with van der Waals surface area (Å²) in [7, 11) is 0. The van der Waals surface area contributed by atoms with Crippen LogP contribution < -0.4 is 5.43 Å². The van der Waals surface area contributed by atoms with Gasteiger partial charge in [-0.05, 0) is 12.1 Å². The van der Waals surface area contributed by atoms with Gasteiger partial charge in [0.25, 0.3) is 5.91 Å². The first kappa shape index (κ1) is 12.9. The maximum Gasteiger partial charge on any atom is 0.352 e. The Morgan fingerprint density at radius 2 is 1.82 bits per heavy atom. The van der Waals surface area contributed by atoms with E-state index in [1.807, 2.05) is 0 Å². The number of hydrogen-bond acceptors (Lipinski definition) is 3. The van der Waals surface area contributed by atoms with E-state index in [0.717, 1.165) is 0 Å². The van der Waals surface area contributed by atoms with Gasteiger partial charge in [-0.15, -0.1) is 0 Å². The fourth-order valence-electron chi connectivity index (χ4n) is 1.19. The van der Waals surface area contributed by atoms with Gasteiger partial charge in [-0.2, -0.15) is 5.10 Å². The van der Waals surface area contributed by atoms with E-state index in [2.05, 4.69) is 10.5 Å². The van der Waals surface area contributed by atoms with E-state index >= 15 is 0 Å². The molecule has 0 bridgehead atoms. The van der Waals surface area contributed by atoms with Crippen molar-refractivity contribution in [3.63, 3.8) is 0 Å². The molecular formula is C12H14N2O3. The van der Waals surface area contributed by atoms with Crippen LogP contribution in [-0.2, 0) is 4.79 Å². The van der Waals surface area contributed by atoms with Gasteiger partial charge in [0.15, 0.2) is 0 Å². The molecule has 0 atom stereocenters. The fraction of sp³-hybridized carbons (Fsp3) is 0.250. The minimum atomic E-state index is -1.13. The van der Waals surface area contributed by atoms with Gasteiger partial charge in [-0.1, -0.05) is 32.0 Å². The first-order valence-electron chi connectivity index (χ1n) is 5.18. The van der Waals surface area contributed by atoms with E-state index in [4.69, 9.17) is 5.11 Å². The predicted molar refractivity (Wildman–Crippen MR) is 63.8 cm³/mol. The standard InChI is InChI=1S/C12H14N2O3/c1-8(2)10(12(16)17)13-14-11(15)9-6-4-3-5-7-9/h3-8H,1-2H3,(H,14,15)(H,16,17). The number of amides is 1. The molecular weight excluding hydrogens is 220 g/mol. The molecule has 0 spiro atoms. The molecule has 90 valence electrons. The minimum absolute atomic E-state index is 0.0747. The third-order valence-corrected chi connectivity index (χ3v) is 2.08. The molecule has 1 aromatic rings. The van der Waals surface area contributed by atoms with Gasteiger partial charge >= 0.3 is 5.97 Å². The predicted octanol–water partition coefficient (Wildman–Crippen LogP) is 1.51. The number of benzene rings is 1. The number of nitrogens with zero attached hydrogens (tertiary/aromatic N) is 1. The topological polar surface area (TPSA) is 78.8 Å². The van der Waals surface area contributed by atoms with Crippen LogP contribution in [0.15, 0.2) is 35.4 Å². The summed E-state index contributed by atoms with van der Waals surface area (Å²) in [4.78, 5) is 22.4. The highest BCUT2D eigenvalue weighted by Crippen LogP contribution is 2.00. The van der Waals surface area contributed by atoms with Gasteiger partial charge in [0.1, 0.15) is 5.71 Å². The van der Waals surface area contributed by atoms with Crippen molar-refractivity contribution in [3.8, 4) is 0 Å². The SMILES string of the molecule is CC(C)C(=NNC(=O)c1ccccc1)C(=O)O. The first-order chi connectivity index (χ1) is 8.02. The van der Waals surface area contributed by atoms with Crippen molar-refractivity contribution in [2.45, 2.75) is 13.8 Å². The number of rotatable bonds is 4. The zero-order chi connectivity index (χ0) is 12.8. The monoisotopic (exact) mass is 234 g/mol. The lowest BCUT2D eigenvalue weighted by atomic mass is 10.1. The molecule has 0 saturated carbocycles. The van der Waals surface area contributed by atoms with Crippen LogP contribution in [0.25, 0.3) is 0 Å². The van der Waals surface area contributed by atoms with Crippen molar-refractivity contribution in [3.05, 3.63) is 35.9 Å². The largest absolute Gasteiger partial charge is 0.477 e. The zero-order valence-corrected chi connectivity index (χ0v) is 9.68. The van der Waals surface area contributed by atoms with E-state index in [1.54, 1.807) is 44.2 Å². The molecule has 2 N–H and O–H groups in total. The van der Waals surface area contributed by atoms with Crippen molar-refractivity contribution in [1.82, 2.24) is 5.43 Å². The molecule has 0 heterocycles. The van der Waals surface area contributed by atoms with Gasteiger partial charge in [0.2, 0.25) is 0 Å². The van der Waals surface area contributed by atoms with Crippen LogP contribution in [-0.4, -0.2) is 22.7 Å². The summed E-state index contributed by atoms with van der Waals surface area (Å²) >= 11 is 0. The molecule has 0 aliphatic heterocycles. The summed E-state index contributed by atoms with van der Waals surface area (Å²) < 4.78 is 0. The average molecular weight is 234 g/mol. The van der Waals surface area contributed by atoms with Crippen molar-refractivity contribution < 1.29 is 14.7 Å². The van der Waals surface area contributed by atoms with E-state index < -0.39 is 11.9 Å². The quantitative estimate of drug-likeness (QED) is 0.612. The Morgan fingerprint density at radius 1 is 1.24 bits per heavy atom. The molecule has 5 heteroatoms. The Balaban J connectivity index is 2.76. The van der Waals surface area contributed by atoms with Gasteiger partial charge in [0.05, 0.1) is 0 Å². The van der Waals surface area contributed by atoms with Crippen LogP contribution >= 0.6 is 0 Å². The van der Waals surface area contributed by atoms with Crippen molar-refractivity contribution >= 4 is 17.6 Å². The highest BCUT2D eigenvalue weighted by Gasteiger charge is 2.14. The molecule has 0 aromatic heterocycles. The number of nitrogens with one attached hydrogen (secondary N) is 1. The molecule has 1 amide bonds. The van der Waals surface area contributed by atoms with Crippen LogP contribution in [0.5, 0.6) is 0 Å². The average Bonchev–Trinajstić information content (AvgIpc) is 2.29. The van der Waals surface area contributed by atoms with Crippen LogP contribution in [0.3, 0.4) is 0 Å². The van der Waals surface area contributed by atoms with E-state index in [9.17, 15) is 9.59 Å². The van der Waals surface area contributed by atoms with Crippen molar-refractivity contribution in [1.29, 1.82) is 0 Å². The normalized spacial score (nSPS) is 11.4. The Morgan fingerprint density at radius 3 is 2.29 bits per heavy atom. The Bertz CT molecular complexity index is 438. The highest BCUT2D eigenvalue weighted by atomic mass is 16.4. The van der Waals surface area contributed by atoms with Gasteiger partial charge < -0.3 is 5.11 Å². The first-order valence-corrected chi connectivity index (χ1v) is 5.18. The molecule has 0 saturated heterocycles. The Labute approximate surface area is 99.2 Å². The summed E-state index contributed by atoms with van der Waals surface area (Å²) in [5.41, 5.74) is 2.59. The molecule has 0 aliphatic carbocycles. The molecule has 0 radical (unpaired) electrons. The van der Waals surface area contributed by atoms with Crippen LogP contribution in [0.4, 0.5) is 0 Å². The minimum Gasteiger partial charge on any atom is -0.477 e. The van der Waals surface area contributed by atoms with Crippen molar-refractivity contribution in [2.24, 2.45) is 11.0 Å². The van der Waals surface area contributed by atoms with E-state index in [0.29, 0.717) is 5.56 Å². The number of carbonyl (C=O) groups is 2. The maximum absolute atomic E-state index is 11.6. The number of carboxylic acid groups (broad SMARTS) is 1. The fourth-order valence-corrected chi connectivity index (χ4v) is 1.19. The smallest absolute Gasteiger partial charge is 0.352 e. The number of aliphatic carboxylic acids is 1. The lowest BCUT2D eigenvalue weighted by Crippen LogP contribution is -2.26. The highest BCUT2D eigenvalue weighted by molar-refractivity contribution is 6.36. The lowest BCUT2D eigenvalue weighted by Gasteiger charge is -2.05. The Hall–Kier alpha value is -2.17. The van der Waals surface area contributed by atoms with Crippen LogP contribution in [0.2, 0.25) is 0 Å². The number of hydrazone groups is 1. The van der Waals surface area contributed by atoms with E-state index in [1.165, 1.54) is 0 Å². The third-order valence-electron chi connectivity index (χ3n) is 2.08. The summed E-state index contributed by atoms with van der Waals surface area (Å²) in [6, 6.07) is 8.48. The number of carbonyl (C=O) groups excluding carboxylic acids is 1. The van der Waals surface area contributed by atoms with Gasteiger partial charge in [-0.3, -0.25) is 4.79 Å². The van der Waals surface area contributed by atoms with Gasteiger partial charge in [-0.25, -0.2) is 10.2 Å². The third kappa shape index (κ3) is 3.71. The zero-order valence-electron chi connectivity index (χ0n) is 9.68. The molecule has 0 unspecified atom stereocenters. The van der Waals surface area contributed by atoms with Crippen LogP contribution in [0.1, 0.15) is 24.2 Å². The number of carboxylic acids is 1. The van der Waals surface area contributed by atoms with Gasteiger partial charge in [0, 0.05) is 11.5 Å².